The molecular formula is C18H28BrN. The van der Waals surface area contributed by atoms with Gasteiger partial charge in [-0.2, -0.15) is 0 Å². The first-order chi connectivity index (χ1) is 9.74. The maximum atomic E-state index is 3.70. The predicted molar refractivity (Wildman–Crippen MR) is 91.6 cm³/mol. The summed E-state index contributed by atoms with van der Waals surface area (Å²) in [6.45, 7) is 3.50. The number of alkyl halides is 1. The molecule has 0 heterocycles. The van der Waals surface area contributed by atoms with Crippen LogP contribution in [-0.2, 0) is 0 Å². The van der Waals surface area contributed by atoms with Gasteiger partial charge < -0.3 is 4.90 Å². The first-order valence-corrected chi connectivity index (χ1v) is 9.17. The van der Waals surface area contributed by atoms with Gasteiger partial charge in [-0.3, -0.25) is 0 Å². The third kappa shape index (κ3) is 4.33. The molecule has 1 nitrogen and oxygen atoms in total. The van der Waals surface area contributed by atoms with Gasteiger partial charge >= 0.3 is 0 Å². The highest BCUT2D eigenvalue weighted by Crippen LogP contribution is 2.30. The topological polar surface area (TPSA) is 3.24 Å². The molecule has 0 bridgehead atoms. The van der Waals surface area contributed by atoms with Gasteiger partial charge in [0.05, 0.1) is 0 Å². The van der Waals surface area contributed by atoms with E-state index in [1.165, 1.54) is 37.7 Å². The fraction of sp³-hybridized carbons (Fsp3) is 0.667. The normalized spacial score (nSPS) is 24.8. The smallest absolute Gasteiger partial charge is 0.0112 e. The minimum atomic E-state index is 0.602. The Hall–Kier alpha value is -0.340. The van der Waals surface area contributed by atoms with E-state index in [1.54, 1.807) is 0 Å². The molecule has 1 saturated carbocycles. The van der Waals surface area contributed by atoms with Gasteiger partial charge in [-0.25, -0.2) is 0 Å². The molecule has 0 radical (unpaired) electrons. The lowest BCUT2D eigenvalue weighted by Gasteiger charge is -2.36. The van der Waals surface area contributed by atoms with E-state index < -0.39 is 0 Å². The Labute approximate surface area is 132 Å². The van der Waals surface area contributed by atoms with E-state index in [9.17, 15) is 0 Å². The Balaban J connectivity index is 1.88. The summed E-state index contributed by atoms with van der Waals surface area (Å²) < 4.78 is 0. The predicted octanol–water partition coefficient (Wildman–Crippen LogP) is 5.07. The second-order valence-corrected chi connectivity index (χ2v) is 6.93. The SMILES string of the molecule is CCC1CCC(N(C)CC(CBr)c2ccccc2)CC1. The third-order valence-electron chi connectivity index (χ3n) is 4.98. The van der Waals surface area contributed by atoms with E-state index >= 15 is 0 Å². The van der Waals surface area contributed by atoms with Crippen molar-refractivity contribution < 1.29 is 0 Å². The summed E-state index contributed by atoms with van der Waals surface area (Å²) in [6.07, 6.45) is 6.99. The van der Waals surface area contributed by atoms with E-state index in [4.69, 9.17) is 0 Å². The molecule has 0 aliphatic heterocycles. The molecule has 1 atom stereocenters. The van der Waals surface area contributed by atoms with E-state index in [0.717, 1.165) is 23.8 Å². The minimum Gasteiger partial charge on any atom is -0.303 e. The number of nitrogens with zero attached hydrogens (tertiary/aromatic N) is 1. The lowest BCUT2D eigenvalue weighted by molar-refractivity contribution is 0.158. The van der Waals surface area contributed by atoms with Crippen LogP contribution < -0.4 is 0 Å². The van der Waals surface area contributed by atoms with Crippen molar-refractivity contribution in [2.45, 2.75) is 51.0 Å². The third-order valence-corrected chi connectivity index (χ3v) is 5.76. The van der Waals surface area contributed by atoms with Crippen LogP contribution in [0.1, 0.15) is 50.5 Å². The molecule has 112 valence electrons. The maximum Gasteiger partial charge on any atom is 0.0112 e. The summed E-state index contributed by atoms with van der Waals surface area (Å²) >= 11 is 3.70. The van der Waals surface area contributed by atoms with Crippen molar-refractivity contribution in [2.24, 2.45) is 5.92 Å². The quantitative estimate of drug-likeness (QED) is 0.655. The molecule has 0 N–H and O–H groups in total. The van der Waals surface area contributed by atoms with Crippen LogP contribution in [0.4, 0.5) is 0 Å². The van der Waals surface area contributed by atoms with Crippen molar-refractivity contribution in [3.63, 3.8) is 0 Å². The van der Waals surface area contributed by atoms with Crippen LogP contribution >= 0.6 is 15.9 Å². The van der Waals surface area contributed by atoms with E-state index in [-0.39, 0.29) is 0 Å². The van der Waals surface area contributed by atoms with Gasteiger partial charge in [-0.1, -0.05) is 59.6 Å². The zero-order valence-corrected chi connectivity index (χ0v) is 14.5. The molecule has 20 heavy (non-hydrogen) atoms. The molecule has 1 aliphatic carbocycles. The summed E-state index contributed by atoms with van der Waals surface area (Å²) in [7, 11) is 2.32. The second-order valence-electron chi connectivity index (χ2n) is 6.28. The molecule has 1 aromatic rings. The Bertz CT molecular complexity index is 370. The Morgan fingerprint density at radius 3 is 2.35 bits per heavy atom. The summed E-state index contributed by atoms with van der Waals surface area (Å²) in [4.78, 5) is 2.60. The molecule has 0 aromatic heterocycles. The van der Waals surface area contributed by atoms with Gasteiger partial charge in [0.15, 0.2) is 0 Å². The maximum absolute atomic E-state index is 3.70. The van der Waals surface area contributed by atoms with Crippen molar-refractivity contribution in [1.82, 2.24) is 4.90 Å². The fourth-order valence-corrected chi connectivity index (χ4v) is 4.04. The fourth-order valence-electron chi connectivity index (χ4n) is 3.46. The summed E-state index contributed by atoms with van der Waals surface area (Å²) in [5, 5.41) is 1.05. The number of rotatable bonds is 6. The molecule has 0 amide bonds. The van der Waals surface area contributed by atoms with Crippen LogP contribution in [0.3, 0.4) is 0 Å². The number of hydrogen-bond donors (Lipinski definition) is 0. The van der Waals surface area contributed by atoms with Gasteiger partial charge in [0, 0.05) is 23.8 Å². The largest absolute Gasteiger partial charge is 0.303 e. The van der Waals surface area contributed by atoms with Crippen LogP contribution in [0, 0.1) is 5.92 Å². The van der Waals surface area contributed by atoms with Crippen molar-refractivity contribution in [2.75, 3.05) is 18.9 Å². The van der Waals surface area contributed by atoms with Crippen molar-refractivity contribution >= 4 is 15.9 Å². The molecule has 1 unspecified atom stereocenters. The van der Waals surface area contributed by atoms with Crippen LogP contribution in [0.5, 0.6) is 0 Å². The van der Waals surface area contributed by atoms with E-state index in [0.29, 0.717) is 5.92 Å². The average molecular weight is 338 g/mol. The van der Waals surface area contributed by atoms with Crippen LogP contribution in [0.25, 0.3) is 0 Å². The molecular weight excluding hydrogens is 310 g/mol. The van der Waals surface area contributed by atoms with Gasteiger partial charge in [0.1, 0.15) is 0 Å². The van der Waals surface area contributed by atoms with Crippen LogP contribution in [-0.4, -0.2) is 29.9 Å². The monoisotopic (exact) mass is 337 g/mol. The molecule has 1 fully saturated rings. The van der Waals surface area contributed by atoms with Gasteiger partial charge in [0.25, 0.3) is 0 Å². The zero-order valence-electron chi connectivity index (χ0n) is 12.9. The van der Waals surface area contributed by atoms with Crippen LogP contribution in [0.15, 0.2) is 30.3 Å². The van der Waals surface area contributed by atoms with Gasteiger partial charge in [0.2, 0.25) is 0 Å². The highest BCUT2D eigenvalue weighted by atomic mass is 79.9. The van der Waals surface area contributed by atoms with E-state index in [1.807, 2.05) is 0 Å². The molecule has 2 rings (SSSR count). The molecule has 1 aliphatic rings. The standard InChI is InChI=1S/C18H28BrN/c1-3-15-9-11-18(12-10-15)20(2)14-17(13-19)16-7-5-4-6-8-16/h4-8,15,17-18H,3,9-14H2,1-2H3. The number of halogens is 1. The van der Waals surface area contributed by atoms with Gasteiger partial charge in [-0.15, -0.1) is 0 Å². The Morgan fingerprint density at radius 2 is 1.80 bits per heavy atom. The lowest BCUT2D eigenvalue weighted by atomic mass is 9.84. The molecule has 0 spiro atoms. The molecule has 2 heteroatoms. The van der Waals surface area contributed by atoms with Crippen molar-refractivity contribution in [3.05, 3.63) is 35.9 Å². The number of likely N-dealkylation sites (N-methyl/N-ethyl adjacent to an activating group) is 1. The van der Waals surface area contributed by atoms with Crippen molar-refractivity contribution in [3.8, 4) is 0 Å². The molecule has 0 saturated heterocycles. The summed E-state index contributed by atoms with van der Waals surface area (Å²) in [6, 6.07) is 11.7. The van der Waals surface area contributed by atoms with Crippen molar-refractivity contribution in [1.29, 1.82) is 0 Å². The van der Waals surface area contributed by atoms with Crippen LogP contribution in [0.2, 0.25) is 0 Å². The Kier molecular flexibility index (Phi) is 6.57. The minimum absolute atomic E-state index is 0.602. The average Bonchev–Trinajstić information content (AvgIpc) is 2.53. The zero-order chi connectivity index (χ0) is 14.4. The lowest BCUT2D eigenvalue weighted by Crippen LogP contribution is -2.38. The van der Waals surface area contributed by atoms with Gasteiger partial charge in [-0.05, 0) is 44.2 Å². The second kappa shape index (κ2) is 8.19. The number of benzene rings is 1. The summed E-state index contributed by atoms with van der Waals surface area (Å²) in [5.74, 6) is 1.59. The Morgan fingerprint density at radius 1 is 1.15 bits per heavy atom. The summed E-state index contributed by atoms with van der Waals surface area (Å²) in [5.41, 5.74) is 1.46. The van der Waals surface area contributed by atoms with E-state index in [2.05, 4.69) is 65.1 Å². The molecule has 1 aromatic carbocycles. The first-order valence-electron chi connectivity index (χ1n) is 8.05. The first kappa shape index (κ1) is 16.0. The highest BCUT2D eigenvalue weighted by molar-refractivity contribution is 9.09. The number of hydrogen-bond acceptors (Lipinski definition) is 1. The highest BCUT2D eigenvalue weighted by Gasteiger charge is 2.24.